The van der Waals surface area contributed by atoms with Gasteiger partial charge in [-0.05, 0) is 37.7 Å². The fourth-order valence-corrected chi connectivity index (χ4v) is 2.68. The Balaban J connectivity index is 2.06. The minimum atomic E-state index is -1.07. The number of likely N-dealkylation sites (tertiary alicyclic amines) is 1. The van der Waals surface area contributed by atoms with Gasteiger partial charge in [0.15, 0.2) is 0 Å². The van der Waals surface area contributed by atoms with E-state index < -0.39 is 5.97 Å². The number of anilines is 1. The van der Waals surface area contributed by atoms with Crippen LogP contribution in [0.2, 0.25) is 0 Å². The molecule has 0 aromatic carbocycles. The van der Waals surface area contributed by atoms with Crippen molar-refractivity contribution in [1.82, 2.24) is 9.88 Å². The third-order valence-corrected chi connectivity index (χ3v) is 4.04. The molecule has 0 bridgehead atoms. The number of nitrogens with one attached hydrogen (secondary N) is 2. The zero-order valence-electron chi connectivity index (χ0n) is 12.8. The van der Waals surface area contributed by atoms with Crippen molar-refractivity contribution in [2.45, 2.75) is 40.0 Å². The molecule has 1 saturated heterocycles. The number of carbonyl (C=O) groups is 2. The number of aromatic nitrogens is 1. The van der Waals surface area contributed by atoms with E-state index in [0.717, 1.165) is 19.3 Å². The van der Waals surface area contributed by atoms with Crippen LogP contribution in [0.5, 0.6) is 0 Å². The van der Waals surface area contributed by atoms with Crippen molar-refractivity contribution in [2.24, 2.45) is 5.41 Å². The topological polar surface area (TPSA) is 85.4 Å². The quantitative estimate of drug-likeness (QED) is 0.783. The highest BCUT2D eigenvalue weighted by Gasteiger charge is 2.26. The maximum atomic E-state index is 12.3. The third kappa shape index (κ3) is 3.77. The van der Waals surface area contributed by atoms with Crippen molar-refractivity contribution >= 4 is 17.7 Å². The van der Waals surface area contributed by atoms with Crippen molar-refractivity contribution in [3.05, 3.63) is 17.5 Å². The Labute approximate surface area is 124 Å². The highest BCUT2D eigenvalue weighted by atomic mass is 16.4. The average Bonchev–Trinajstić information content (AvgIpc) is 2.63. The van der Waals surface area contributed by atoms with Crippen LogP contribution < -0.4 is 5.32 Å². The van der Waals surface area contributed by atoms with Gasteiger partial charge >= 0.3 is 12.0 Å². The first-order chi connectivity index (χ1) is 9.78. The number of nitrogens with zero attached hydrogens (tertiary/aromatic N) is 1. The molecule has 3 N–H and O–H groups in total. The molecule has 6 nitrogen and oxygen atoms in total. The minimum Gasteiger partial charge on any atom is -0.477 e. The number of hydrogen-bond donors (Lipinski definition) is 3. The second-order valence-corrected chi connectivity index (χ2v) is 6.48. The Hall–Kier alpha value is -1.98. The molecule has 1 aliphatic heterocycles. The summed E-state index contributed by atoms with van der Waals surface area (Å²) in [5.74, 6) is -1.07. The number of aromatic carboxylic acids is 1. The first-order valence-corrected chi connectivity index (χ1v) is 7.27. The molecule has 0 spiro atoms. The summed E-state index contributed by atoms with van der Waals surface area (Å²) < 4.78 is 0. The molecule has 2 amide bonds. The van der Waals surface area contributed by atoms with Gasteiger partial charge in [0.05, 0.1) is 5.69 Å². The van der Waals surface area contributed by atoms with Crippen LogP contribution in [0.1, 0.15) is 49.3 Å². The molecule has 0 unspecified atom stereocenters. The number of H-pyrrole nitrogens is 1. The summed E-state index contributed by atoms with van der Waals surface area (Å²) in [5, 5.41) is 11.8. The Kier molecular flexibility index (Phi) is 4.25. The van der Waals surface area contributed by atoms with Gasteiger partial charge in [0, 0.05) is 18.8 Å². The zero-order valence-corrected chi connectivity index (χ0v) is 12.8. The van der Waals surface area contributed by atoms with Crippen LogP contribution in [0.25, 0.3) is 0 Å². The molecular weight excluding hydrogens is 270 g/mol. The number of hydrogen-bond acceptors (Lipinski definition) is 2. The number of carboxylic acids is 1. The zero-order chi connectivity index (χ0) is 15.6. The number of amides is 2. The second kappa shape index (κ2) is 5.79. The monoisotopic (exact) mass is 293 g/mol. The highest BCUT2D eigenvalue weighted by Crippen LogP contribution is 2.30. The van der Waals surface area contributed by atoms with Crippen LogP contribution in [-0.2, 0) is 0 Å². The van der Waals surface area contributed by atoms with Crippen LogP contribution in [0.4, 0.5) is 10.5 Å². The minimum absolute atomic E-state index is 0.0241. The molecule has 1 aliphatic rings. The number of carbonyl (C=O) groups excluding carboxylic acids is 1. The fourth-order valence-electron chi connectivity index (χ4n) is 2.68. The van der Waals surface area contributed by atoms with Crippen LogP contribution >= 0.6 is 0 Å². The molecule has 21 heavy (non-hydrogen) atoms. The van der Waals surface area contributed by atoms with E-state index >= 15 is 0 Å². The van der Waals surface area contributed by atoms with Gasteiger partial charge in [0.25, 0.3) is 0 Å². The number of carboxylic acid groups (broad SMARTS) is 1. The van der Waals surface area contributed by atoms with Crippen LogP contribution in [-0.4, -0.2) is 40.1 Å². The maximum Gasteiger partial charge on any atom is 0.354 e. The van der Waals surface area contributed by atoms with E-state index in [1.165, 1.54) is 0 Å². The lowest BCUT2D eigenvalue weighted by molar-refractivity contribution is 0.0692. The van der Waals surface area contributed by atoms with Crippen molar-refractivity contribution < 1.29 is 14.7 Å². The van der Waals surface area contributed by atoms with E-state index in [9.17, 15) is 9.59 Å². The SMILES string of the molecule is Cc1cc(NC(=O)N2CCCC(C)(C)CC2)c(C(=O)O)[nH]1. The molecule has 2 rings (SSSR count). The Morgan fingerprint density at radius 1 is 1.33 bits per heavy atom. The Morgan fingerprint density at radius 3 is 2.71 bits per heavy atom. The lowest BCUT2D eigenvalue weighted by atomic mass is 9.85. The van der Waals surface area contributed by atoms with E-state index in [0.29, 0.717) is 24.5 Å². The Morgan fingerprint density at radius 2 is 2.05 bits per heavy atom. The molecule has 1 fully saturated rings. The van der Waals surface area contributed by atoms with Gasteiger partial charge in [-0.25, -0.2) is 9.59 Å². The number of urea groups is 1. The highest BCUT2D eigenvalue weighted by molar-refractivity contribution is 5.99. The molecule has 0 aliphatic carbocycles. The summed E-state index contributed by atoms with van der Waals surface area (Å²) in [6.45, 7) is 7.60. The smallest absolute Gasteiger partial charge is 0.354 e. The summed E-state index contributed by atoms with van der Waals surface area (Å²) in [5.41, 5.74) is 1.32. The molecule has 116 valence electrons. The second-order valence-electron chi connectivity index (χ2n) is 6.48. The van der Waals surface area contributed by atoms with Gasteiger partial charge < -0.3 is 20.3 Å². The van der Waals surface area contributed by atoms with Crippen LogP contribution in [0, 0.1) is 12.3 Å². The molecule has 1 aromatic heterocycles. The van der Waals surface area contributed by atoms with E-state index in [-0.39, 0.29) is 17.1 Å². The van der Waals surface area contributed by atoms with E-state index in [2.05, 4.69) is 24.1 Å². The third-order valence-electron chi connectivity index (χ3n) is 4.04. The summed E-state index contributed by atoms with van der Waals surface area (Å²) in [4.78, 5) is 28.0. The van der Waals surface area contributed by atoms with E-state index in [4.69, 9.17) is 5.11 Å². The standard InChI is InChI=1S/C15H23N3O3/c1-10-9-11(12(16-10)13(19)20)17-14(21)18-7-4-5-15(2,3)6-8-18/h9,16H,4-8H2,1-3H3,(H,17,21)(H,19,20). The van der Waals surface area contributed by atoms with Gasteiger partial charge in [-0.3, -0.25) is 0 Å². The molecule has 0 saturated carbocycles. The van der Waals surface area contributed by atoms with Crippen LogP contribution in [0.15, 0.2) is 6.07 Å². The molecule has 1 aromatic rings. The van der Waals surface area contributed by atoms with Crippen LogP contribution in [0.3, 0.4) is 0 Å². The van der Waals surface area contributed by atoms with E-state index in [1.54, 1.807) is 17.9 Å². The molecule has 0 atom stereocenters. The summed E-state index contributed by atoms with van der Waals surface area (Å²) in [6.07, 6.45) is 3.02. The van der Waals surface area contributed by atoms with Crippen molar-refractivity contribution in [3.8, 4) is 0 Å². The van der Waals surface area contributed by atoms with Gasteiger partial charge in [-0.15, -0.1) is 0 Å². The van der Waals surface area contributed by atoms with E-state index in [1.807, 2.05) is 0 Å². The number of aromatic amines is 1. The lowest BCUT2D eigenvalue weighted by Gasteiger charge is -2.23. The first kappa shape index (κ1) is 15.4. The normalized spacial score (nSPS) is 18.1. The number of rotatable bonds is 2. The molecular formula is C15H23N3O3. The van der Waals surface area contributed by atoms with Gasteiger partial charge in [0.2, 0.25) is 0 Å². The largest absolute Gasteiger partial charge is 0.477 e. The molecule has 6 heteroatoms. The fraction of sp³-hybridized carbons (Fsp3) is 0.600. The van der Waals surface area contributed by atoms with Crippen molar-refractivity contribution in [1.29, 1.82) is 0 Å². The van der Waals surface area contributed by atoms with Crippen molar-refractivity contribution in [3.63, 3.8) is 0 Å². The summed E-state index contributed by atoms with van der Waals surface area (Å²) in [7, 11) is 0. The predicted octanol–water partition coefficient (Wildman–Crippen LogP) is 3.07. The van der Waals surface area contributed by atoms with Gasteiger partial charge in [-0.1, -0.05) is 13.8 Å². The number of aryl methyl sites for hydroxylation is 1. The Bertz CT molecular complexity index is 548. The van der Waals surface area contributed by atoms with Crippen molar-refractivity contribution in [2.75, 3.05) is 18.4 Å². The lowest BCUT2D eigenvalue weighted by Crippen LogP contribution is -2.36. The summed E-state index contributed by atoms with van der Waals surface area (Å²) in [6, 6.07) is 1.41. The molecule has 2 heterocycles. The maximum absolute atomic E-state index is 12.3. The average molecular weight is 293 g/mol. The van der Waals surface area contributed by atoms with Gasteiger partial charge in [0.1, 0.15) is 5.69 Å². The predicted molar refractivity (Wildman–Crippen MR) is 80.7 cm³/mol. The van der Waals surface area contributed by atoms with Gasteiger partial charge in [-0.2, -0.15) is 0 Å². The molecule has 0 radical (unpaired) electrons. The first-order valence-electron chi connectivity index (χ1n) is 7.27. The summed E-state index contributed by atoms with van der Waals surface area (Å²) >= 11 is 0.